The second kappa shape index (κ2) is 6.10. The lowest BCUT2D eigenvalue weighted by Gasteiger charge is -2.33. The van der Waals surface area contributed by atoms with Crippen LogP contribution in [0, 0.1) is 0 Å². The molecule has 120 valence electrons. The molecule has 4 rings (SSSR count). The van der Waals surface area contributed by atoms with Crippen molar-refractivity contribution in [3.05, 3.63) is 5.01 Å². The van der Waals surface area contributed by atoms with Gasteiger partial charge in [0.25, 0.3) is 0 Å². The fourth-order valence-electron chi connectivity index (χ4n) is 3.53. The predicted molar refractivity (Wildman–Crippen MR) is 83.3 cm³/mol. The van der Waals surface area contributed by atoms with E-state index in [4.69, 9.17) is 4.74 Å². The molecule has 2 amide bonds. The predicted octanol–water partition coefficient (Wildman–Crippen LogP) is 1.35. The van der Waals surface area contributed by atoms with E-state index in [1.54, 1.807) is 0 Å². The molecule has 1 N–H and O–H groups in total. The van der Waals surface area contributed by atoms with Crippen LogP contribution in [0.15, 0.2) is 0 Å². The minimum absolute atomic E-state index is 0.0266. The minimum Gasteiger partial charge on any atom is -0.381 e. The normalized spacial score (nSPS) is 28.8. The van der Waals surface area contributed by atoms with Gasteiger partial charge in [-0.1, -0.05) is 11.3 Å². The maximum atomic E-state index is 12.5. The highest BCUT2D eigenvalue weighted by Crippen LogP contribution is 2.31. The van der Waals surface area contributed by atoms with Crippen LogP contribution in [0.2, 0.25) is 0 Å². The quantitative estimate of drug-likeness (QED) is 0.890. The van der Waals surface area contributed by atoms with Crippen LogP contribution in [0.1, 0.15) is 30.2 Å². The summed E-state index contributed by atoms with van der Waals surface area (Å²) in [5.41, 5.74) is 0. The number of urea groups is 1. The number of rotatable bonds is 2. The molecule has 4 heterocycles. The Morgan fingerprint density at radius 2 is 2.05 bits per heavy atom. The molecule has 2 bridgehead atoms. The summed E-state index contributed by atoms with van der Waals surface area (Å²) in [6, 6.07) is 0.331. The van der Waals surface area contributed by atoms with Gasteiger partial charge in [0.15, 0.2) is 0 Å². The highest BCUT2D eigenvalue weighted by molar-refractivity contribution is 7.15. The lowest BCUT2D eigenvalue weighted by atomic mass is 10.0. The van der Waals surface area contributed by atoms with Crippen LogP contribution < -0.4 is 5.32 Å². The second-order valence-electron chi connectivity index (χ2n) is 6.20. The molecule has 2 atom stereocenters. The van der Waals surface area contributed by atoms with Crippen molar-refractivity contribution >= 4 is 22.5 Å². The molecular weight excluding hydrogens is 302 g/mol. The number of nitrogens with one attached hydrogen (secondary N) is 1. The summed E-state index contributed by atoms with van der Waals surface area (Å²) >= 11 is 1.50. The molecular formula is C14H21N5O2S. The zero-order chi connectivity index (χ0) is 14.9. The van der Waals surface area contributed by atoms with E-state index in [-0.39, 0.29) is 6.03 Å². The lowest BCUT2D eigenvalue weighted by Crippen LogP contribution is -2.51. The molecule has 0 radical (unpaired) electrons. The molecule has 3 aliphatic rings. The number of piperazine rings is 1. The number of aromatic nitrogens is 2. The third kappa shape index (κ3) is 2.82. The van der Waals surface area contributed by atoms with E-state index in [1.165, 1.54) is 11.3 Å². The number of carbonyl (C=O) groups is 1. The number of ether oxygens (including phenoxy) is 1. The van der Waals surface area contributed by atoms with Gasteiger partial charge in [0.2, 0.25) is 5.13 Å². The van der Waals surface area contributed by atoms with Gasteiger partial charge in [0, 0.05) is 51.4 Å². The van der Waals surface area contributed by atoms with Gasteiger partial charge in [-0.15, -0.1) is 10.2 Å². The van der Waals surface area contributed by atoms with Crippen LogP contribution in [0.5, 0.6) is 0 Å². The molecule has 8 heteroatoms. The molecule has 0 spiro atoms. The number of fused-ring (bicyclic) bond motifs is 2. The molecule has 7 nitrogen and oxygen atoms in total. The maximum absolute atomic E-state index is 12.5. The summed E-state index contributed by atoms with van der Waals surface area (Å²) < 4.78 is 5.38. The number of nitrogens with zero attached hydrogens (tertiary/aromatic N) is 4. The number of hydrogen-bond donors (Lipinski definition) is 1. The molecule has 22 heavy (non-hydrogen) atoms. The van der Waals surface area contributed by atoms with Gasteiger partial charge >= 0.3 is 6.03 Å². The van der Waals surface area contributed by atoms with Crippen molar-refractivity contribution in [1.82, 2.24) is 20.0 Å². The summed E-state index contributed by atoms with van der Waals surface area (Å²) in [7, 11) is 0. The maximum Gasteiger partial charge on any atom is 0.324 e. The summed E-state index contributed by atoms with van der Waals surface area (Å²) in [6.07, 6.45) is 3.07. The summed E-state index contributed by atoms with van der Waals surface area (Å²) in [5.74, 6) is 0.426. The molecule has 0 saturated carbocycles. The molecule has 1 aromatic heterocycles. The van der Waals surface area contributed by atoms with Crippen molar-refractivity contribution in [2.24, 2.45) is 0 Å². The third-order valence-electron chi connectivity index (χ3n) is 4.83. The summed E-state index contributed by atoms with van der Waals surface area (Å²) in [5, 5.41) is 13.0. The van der Waals surface area contributed by atoms with Crippen LogP contribution in [-0.4, -0.2) is 71.5 Å². The van der Waals surface area contributed by atoms with E-state index in [0.29, 0.717) is 17.1 Å². The fourth-order valence-corrected chi connectivity index (χ4v) is 4.43. The molecule has 1 aromatic rings. The van der Waals surface area contributed by atoms with Crippen LogP contribution in [0.25, 0.3) is 0 Å². The Balaban J connectivity index is 1.38. The Bertz CT molecular complexity index is 545. The van der Waals surface area contributed by atoms with Crippen LogP contribution in [-0.2, 0) is 4.74 Å². The van der Waals surface area contributed by atoms with Gasteiger partial charge in [-0.3, -0.25) is 10.2 Å². The Morgan fingerprint density at radius 1 is 1.18 bits per heavy atom. The average molecular weight is 323 g/mol. The van der Waals surface area contributed by atoms with Gasteiger partial charge in [0.1, 0.15) is 5.01 Å². The van der Waals surface area contributed by atoms with Gasteiger partial charge in [0.05, 0.1) is 0 Å². The van der Waals surface area contributed by atoms with Crippen molar-refractivity contribution in [2.45, 2.75) is 31.2 Å². The zero-order valence-electron chi connectivity index (χ0n) is 12.5. The van der Waals surface area contributed by atoms with E-state index in [2.05, 4.69) is 20.4 Å². The van der Waals surface area contributed by atoms with Crippen LogP contribution >= 0.6 is 11.3 Å². The van der Waals surface area contributed by atoms with Crippen LogP contribution in [0.4, 0.5) is 9.93 Å². The number of hydrogen-bond acceptors (Lipinski definition) is 6. The van der Waals surface area contributed by atoms with Gasteiger partial charge < -0.3 is 9.64 Å². The van der Waals surface area contributed by atoms with Gasteiger partial charge in [-0.25, -0.2) is 4.79 Å². The number of amides is 2. The molecule has 0 aliphatic carbocycles. The van der Waals surface area contributed by atoms with Crippen molar-refractivity contribution in [2.75, 3.05) is 44.7 Å². The van der Waals surface area contributed by atoms with Crippen LogP contribution in [0.3, 0.4) is 0 Å². The summed E-state index contributed by atoms with van der Waals surface area (Å²) in [4.78, 5) is 16.8. The second-order valence-corrected chi connectivity index (χ2v) is 7.21. The van der Waals surface area contributed by atoms with Gasteiger partial charge in [-0.2, -0.15) is 0 Å². The first-order chi connectivity index (χ1) is 10.8. The Morgan fingerprint density at radius 3 is 2.91 bits per heavy atom. The van der Waals surface area contributed by atoms with E-state index in [9.17, 15) is 4.79 Å². The Kier molecular flexibility index (Phi) is 3.98. The lowest BCUT2D eigenvalue weighted by molar-refractivity contribution is 0.0851. The monoisotopic (exact) mass is 323 g/mol. The standard InChI is InChI=1S/C14H21N5O2S/c20-14(19-6-5-18-4-1-11(19)9-18)15-13-17-16-12(22-13)10-2-7-21-8-3-10/h10-11H,1-9H2,(H,15,17,20). The Labute approximate surface area is 133 Å². The largest absolute Gasteiger partial charge is 0.381 e. The van der Waals surface area contributed by atoms with E-state index < -0.39 is 0 Å². The first-order valence-corrected chi connectivity index (χ1v) is 8.82. The topological polar surface area (TPSA) is 70.6 Å². The first kappa shape index (κ1) is 14.3. The van der Waals surface area contributed by atoms with Gasteiger partial charge in [-0.05, 0) is 19.3 Å². The SMILES string of the molecule is O=C(Nc1nnc(C2CCOCC2)s1)N1CCN2CCC1C2. The van der Waals surface area contributed by atoms with Crippen molar-refractivity contribution < 1.29 is 9.53 Å². The Hall–Kier alpha value is -1.25. The van der Waals surface area contributed by atoms with E-state index in [0.717, 1.165) is 63.7 Å². The molecule has 3 fully saturated rings. The molecule has 0 aromatic carbocycles. The zero-order valence-corrected chi connectivity index (χ0v) is 13.3. The van der Waals surface area contributed by atoms with Crippen molar-refractivity contribution in [1.29, 1.82) is 0 Å². The summed E-state index contributed by atoms with van der Waals surface area (Å²) in [6.45, 7) is 5.49. The number of carbonyl (C=O) groups excluding carboxylic acids is 1. The molecule has 2 unspecified atom stereocenters. The van der Waals surface area contributed by atoms with E-state index >= 15 is 0 Å². The third-order valence-corrected chi connectivity index (χ3v) is 5.83. The smallest absolute Gasteiger partial charge is 0.324 e. The highest BCUT2D eigenvalue weighted by Gasteiger charge is 2.35. The first-order valence-electron chi connectivity index (χ1n) is 8.01. The van der Waals surface area contributed by atoms with E-state index in [1.807, 2.05) is 4.90 Å². The fraction of sp³-hybridized carbons (Fsp3) is 0.786. The van der Waals surface area contributed by atoms with Crippen molar-refractivity contribution in [3.63, 3.8) is 0 Å². The molecule has 3 saturated heterocycles. The van der Waals surface area contributed by atoms with Crippen molar-refractivity contribution in [3.8, 4) is 0 Å². The average Bonchev–Trinajstić information content (AvgIpc) is 3.16. The molecule has 3 aliphatic heterocycles. The minimum atomic E-state index is -0.0266. The number of anilines is 1. The highest BCUT2D eigenvalue weighted by atomic mass is 32.1.